The molecule has 2 atom stereocenters. The number of rotatable bonds is 5. The van der Waals surface area contributed by atoms with Crippen LogP contribution in [0.5, 0.6) is 0 Å². The van der Waals surface area contributed by atoms with Gasteiger partial charge in [-0.25, -0.2) is 9.97 Å². The molecule has 2 fully saturated rings. The first kappa shape index (κ1) is 17.7. The lowest BCUT2D eigenvalue weighted by atomic mass is 9.96. The number of aliphatic hydroxyl groups is 1. The fourth-order valence-electron chi connectivity index (χ4n) is 3.45. The predicted molar refractivity (Wildman–Crippen MR) is 89.3 cm³/mol. The highest BCUT2D eigenvalue weighted by atomic mass is 16.3. The molecule has 0 bridgehead atoms. The Kier molecular flexibility index (Phi) is 5.57. The fourth-order valence-corrected chi connectivity index (χ4v) is 3.45. The molecule has 1 spiro atoms. The highest BCUT2D eigenvalue weighted by Gasteiger charge is 2.42. The number of carbonyl (C=O) groups is 2. The van der Waals surface area contributed by atoms with Gasteiger partial charge in [-0.3, -0.25) is 9.59 Å². The van der Waals surface area contributed by atoms with Crippen LogP contribution in [-0.4, -0.2) is 76.2 Å². The molecule has 0 radical (unpaired) electrons. The van der Waals surface area contributed by atoms with Crippen LogP contribution >= 0.6 is 0 Å². The zero-order valence-electron chi connectivity index (χ0n) is 14.1. The number of nitrogens with one attached hydrogen (secondary N) is 3. The Balaban J connectivity index is 1.68. The maximum atomic E-state index is 12.5. The molecular weight excluding hydrogens is 324 g/mol. The Bertz CT molecular complexity index is 605. The van der Waals surface area contributed by atoms with Gasteiger partial charge in [-0.1, -0.05) is 0 Å². The van der Waals surface area contributed by atoms with Crippen LogP contribution in [0.25, 0.3) is 0 Å². The highest BCUT2D eigenvalue weighted by molar-refractivity contribution is 5.88. The van der Waals surface area contributed by atoms with Crippen LogP contribution in [0, 0.1) is 0 Å². The first-order valence-electron chi connectivity index (χ1n) is 8.53. The third-order valence-corrected chi connectivity index (χ3v) is 4.76. The number of aliphatic hydroxyl groups excluding tert-OH is 1. The molecular formula is C16H24N6O3. The SMILES string of the molecule is O=C(NCc1ncccn1)[C@H](CO)N1CC2(CCCN2)CNCC1=O. The van der Waals surface area contributed by atoms with E-state index in [1.165, 1.54) is 4.90 Å². The molecule has 2 saturated heterocycles. The largest absolute Gasteiger partial charge is 0.394 e. The highest BCUT2D eigenvalue weighted by Crippen LogP contribution is 2.23. The van der Waals surface area contributed by atoms with E-state index in [0.29, 0.717) is 18.9 Å². The van der Waals surface area contributed by atoms with E-state index in [0.717, 1.165) is 19.4 Å². The van der Waals surface area contributed by atoms with E-state index in [1.807, 2.05) is 0 Å². The molecule has 3 heterocycles. The summed E-state index contributed by atoms with van der Waals surface area (Å²) in [4.78, 5) is 34.6. The van der Waals surface area contributed by atoms with E-state index in [2.05, 4.69) is 25.9 Å². The molecule has 2 aliphatic heterocycles. The fraction of sp³-hybridized carbons (Fsp3) is 0.625. The normalized spacial score (nSPS) is 25.0. The Morgan fingerprint density at radius 2 is 2.24 bits per heavy atom. The van der Waals surface area contributed by atoms with Crippen molar-refractivity contribution in [1.29, 1.82) is 0 Å². The van der Waals surface area contributed by atoms with E-state index in [-0.39, 0.29) is 24.5 Å². The first-order chi connectivity index (χ1) is 12.1. The molecule has 136 valence electrons. The molecule has 25 heavy (non-hydrogen) atoms. The van der Waals surface area contributed by atoms with Gasteiger partial charge in [0.1, 0.15) is 11.9 Å². The zero-order valence-corrected chi connectivity index (χ0v) is 14.1. The van der Waals surface area contributed by atoms with Crippen molar-refractivity contribution in [2.45, 2.75) is 31.0 Å². The molecule has 0 saturated carbocycles. The standard InChI is InChI=1S/C16H24N6O3/c23-9-12(15(25)20-7-13-18-4-2-5-19-13)22-11-16(3-1-6-21-16)10-17-8-14(22)24/h2,4-5,12,17,21,23H,1,3,6-11H2,(H,20,25)/t12-,16?/m0/s1. The van der Waals surface area contributed by atoms with Crippen LogP contribution in [0.2, 0.25) is 0 Å². The number of aromatic nitrogens is 2. The van der Waals surface area contributed by atoms with Gasteiger partial charge in [-0.15, -0.1) is 0 Å². The van der Waals surface area contributed by atoms with Gasteiger partial charge in [-0.05, 0) is 25.5 Å². The summed E-state index contributed by atoms with van der Waals surface area (Å²) in [5, 5.41) is 19.1. The predicted octanol–water partition coefficient (Wildman–Crippen LogP) is -1.99. The van der Waals surface area contributed by atoms with Crippen molar-refractivity contribution in [2.24, 2.45) is 0 Å². The molecule has 3 rings (SSSR count). The van der Waals surface area contributed by atoms with Crippen LogP contribution in [0.15, 0.2) is 18.5 Å². The van der Waals surface area contributed by atoms with Gasteiger partial charge >= 0.3 is 0 Å². The number of amides is 2. The molecule has 1 unspecified atom stereocenters. The maximum Gasteiger partial charge on any atom is 0.245 e. The summed E-state index contributed by atoms with van der Waals surface area (Å²) in [5.41, 5.74) is -0.234. The van der Waals surface area contributed by atoms with Gasteiger partial charge in [-0.2, -0.15) is 0 Å². The molecule has 2 aliphatic rings. The minimum Gasteiger partial charge on any atom is -0.394 e. The molecule has 0 aromatic carbocycles. The quantitative estimate of drug-likeness (QED) is 0.486. The molecule has 9 nitrogen and oxygen atoms in total. The minimum absolute atomic E-state index is 0.153. The van der Waals surface area contributed by atoms with Crippen LogP contribution in [0.1, 0.15) is 18.7 Å². The van der Waals surface area contributed by atoms with Gasteiger partial charge < -0.3 is 26.0 Å². The van der Waals surface area contributed by atoms with Crippen molar-refractivity contribution >= 4 is 11.8 Å². The Morgan fingerprint density at radius 1 is 1.44 bits per heavy atom. The minimum atomic E-state index is -0.921. The second kappa shape index (κ2) is 7.85. The van der Waals surface area contributed by atoms with Crippen molar-refractivity contribution in [3.8, 4) is 0 Å². The third kappa shape index (κ3) is 4.12. The van der Waals surface area contributed by atoms with Crippen molar-refractivity contribution < 1.29 is 14.7 Å². The second-order valence-corrected chi connectivity index (χ2v) is 6.52. The lowest BCUT2D eigenvalue weighted by molar-refractivity contribution is -0.141. The summed E-state index contributed by atoms with van der Waals surface area (Å²) in [5.74, 6) is -0.112. The van der Waals surface area contributed by atoms with E-state index in [9.17, 15) is 14.7 Å². The Morgan fingerprint density at radius 3 is 2.92 bits per heavy atom. The molecule has 0 aliphatic carbocycles. The van der Waals surface area contributed by atoms with Gasteiger partial charge in [0.25, 0.3) is 0 Å². The zero-order chi connectivity index (χ0) is 17.7. The number of nitrogens with zero attached hydrogens (tertiary/aromatic N) is 3. The average Bonchev–Trinajstić information content (AvgIpc) is 3.02. The smallest absolute Gasteiger partial charge is 0.245 e. The summed E-state index contributed by atoms with van der Waals surface area (Å²) >= 11 is 0. The van der Waals surface area contributed by atoms with E-state index in [1.54, 1.807) is 18.5 Å². The lowest BCUT2D eigenvalue weighted by Crippen LogP contribution is -2.59. The van der Waals surface area contributed by atoms with Gasteiger partial charge in [0.2, 0.25) is 11.8 Å². The Hall–Kier alpha value is -2.10. The summed E-state index contributed by atoms with van der Waals surface area (Å²) < 4.78 is 0. The van der Waals surface area contributed by atoms with Crippen molar-refractivity contribution in [3.63, 3.8) is 0 Å². The monoisotopic (exact) mass is 348 g/mol. The van der Waals surface area contributed by atoms with Crippen LogP contribution in [-0.2, 0) is 16.1 Å². The number of hydrogen-bond donors (Lipinski definition) is 4. The summed E-state index contributed by atoms with van der Waals surface area (Å²) in [6.07, 6.45) is 5.15. The van der Waals surface area contributed by atoms with Crippen molar-refractivity contribution in [3.05, 3.63) is 24.3 Å². The average molecular weight is 348 g/mol. The van der Waals surface area contributed by atoms with Crippen LogP contribution < -0.4 is 16.0 Å². The van der Waals surface area contributed by atoms with Crippen molar-refractivity contribution in [2.75, 3.05) is 32.8 Å². The molecule has 9 heteroatoms. The summed E-state index contributed by atoms with van der Waals surface area (Å²) in [7, 11) is 0. The van der Waals surface area contributed by atoms with Gasteiger partial charge in [0, 0.05) is 31.0 Å². The number of carbonyl (C=O) groups excluding carboxylic acids is 2. The third-order valence-electron chi connectivity index (χ3n) is 4.76. The molecule has 1 aromatic rings. The second-order valence-electron chi connectivity index (χ2n) is 6.52. The lowest BCUT2D eigenvalue weighted by Gasteiger charge is -2.36. The summed E-state index contributed by atoms with van der Waals surface area (Å²) in [6.45, 7) is 1.86. The first-order valence-corrected chi connectivity index (χ1v) is 8.53. The molecule has 1 aromatic heterocycles. The van der Waals surface area contributed by atoms with Gasteiger partial charge in [0.05, 0.1) is 19.7 Å². The van der Waals surface area contributed by atoms with Crippen LogP contribution in [0.3, 0.4) is 0 Å². The van der Waals surface area contributed by atoms with E-state index in [4.69, 9.17) is 0 Å². The van der Waals surface area contributed by atoms with Crippen LogP contribution in [0.4, 0.5) is 0 Å². The van der Waals surface area contributed by atoms with Crippen molar-refractivity contribution in [1.82, 2.24) is 30.8 Å². The topological polar surface area (TPSA) is 119 Å². The van der Waals surface area contributed by atoms with Gasteiger partial charge in [0.15, 0.2) is 0 Å². The molecule has 2 amide bonds. The number of hydrogen-bond acceptors (Lipinski definition) is 7. The summed E-state index contributed by atoms with van der Waals surface area (Å²) in [6, 6.07) is 0.772. The maximum absolute atomic E-state index is 12.5. The van der Waals surface area contributed by atoms with E-state index >= 15 is 0 Å². The van der Waals surface area contributed by atoms with E-state index < -0.39 is 18.6 Å². The molecule has 4 N–H and O–H groups in total. The Labute approximate surface area is 146 Å².